The van der Waals surface area contributed by atoms with Gasteiger partial charge in [0, 0.05) is 25.4 Å². The van der Waals surface area contributed by atoms with E-state index in [0.717, 1.165) is 5.65 Å². The van der Waals surface area contributed by atoms with Crippen LogP contribution in [-0.4, -0.2) is 38.5 Å². The zero-order valence-electron chi connectivity index (χ0n) is 11.9. The summed E-state index contributed by atoms with van der Waals surface area (Å²) in [5, 5.41) is 11.9. The van der Waals surface area contributed by atoms with E-state index in [-0.39, 0.29) is 19.4 Å². The van der Waals surface area contributed by atoms with Gasteiger partial charge in [-0.2, -0.15) is 8.78 Å². The van der Waals surface area contributed by atoms with Gasteiger partial charge < -0.3 is 14.8 Å². The van der Waals surface area contributed by atoms with Crippen LogP contribution in [0.2, 0.25) is 0 Å². The van der Waals surface area contributed by atoms with Crippen LogP contribution in [0.4, 0.5) is 8.78 Å². The number of aliphatic hydroxyl groups is 1. The molecule has 0 saturated heterocycles. The van der Waals surface area contributed by atoms with Crippen LogP contribution in [0.3, 0.4) is 0 Å². The molecular weight excluding hydrogens is 292 g/mol. The average Bonchev–Trinajstić information content (AvgIpc) is 2.87. The molecule has 1 fully saturated rings. The zero-order chi connectivity index (χ0) is 15.8. The fourth-order valence-electron chi connectivity index (χ4n) is 2.56. The minimum absolute atomic E-state index is 0.0418. The van der Waals surface area contributed by atoms with Crippen LogP contribution >= 0.6 is 0 Å². The van der Waals surface area contributed by atoms with Crippen molar-refractivity contribution in [3.63, 3.8) is 0 Å². The van der Waals surface area contributed by atoms with E-state index < -0.39 is 17.4 Å². The molecule has 1 aliphatic rings. The highest BCUT2D eigenvalue weighted by molar-refractivity contribution is 5.85. The van der Waals surface area contributed by atoms with Crippen LogP contribution in [0.25, 0.3) is 5.65 Å². The smallest absolute Gasteiger partial charge is 0.352 e. The van der Waals surface area contributed by atoms with E-state index in [0.29, 0.717) is 18.5 Å². The van der Waals surface area contributed by atoms with Crippen molar-refractivity contribution in [2.24, 2.45) is 0 Å². The van der Waals surface area contributed by atoms with Crippen LogP contribution in [0.1, 0.15) is 25.0 Å². The zero-order valence-corrected chi connectivity index (χ0v) is 11.9. The largest absolute Gasteiger partial charge is 0.383 e. The van der Waals surface area contributed by atoms with Gasteiger partial charge in [-0.25, -0.2) is 4.98 Å². The number of imidazole rings is 1. The molecule has 1 saturated carbocycles. The number of halogens is 2. The van der Waals surface area contributed by atoms with E-state index in [1.807, 2.05) is 28.8 Å². The van der Waals surface area contributed by atoms with Crippen molar-refractivity contribution in [2.75, 3.05) is 6.54 Å². The second-order valence-electron chi connectivity index (χ2n) is 5.66. The maximum atomic E-state index is 13.9. The number of carbonyl (C=O) groups excluding carboxylic acids is 1. The van der Waals surface area contributed by atoms with E-state index in [4.69, 9.17) is 0 Å². The van der Waals surface area contributed by atoms with Gasteiger partial charge in [-0.05, 0) is 31.4 Å². The van der Waals surface area contributed by atoms with Gasteiger partial charge in [0.05, 0.1) is 5.69 Å². The van der Waals surface area contributed by atoms with Crippen molar-refractivity contribution in [3.8, 4) is 0 Å². The van der Waals surface area contributed by atoms with Gasteiger partial charge in [-0.15, -0.1) is 0 Å². The van der Waals surface area contributed by atoms with Gasteiger partial charge in [0.2, 0.25) is 0 Å². The third-order valence-electron chi connectivity index (χ3n) is 4.13. The van der Waals surface area contributed by atoms with Crippen LogP contribution in [0.5, 0.6) is 0 Å². The molecule has 2 heterocycles. The SMILES string of the molecule is O=C(NCCc1cn2ccccc2n1)C(F)(F)C1(O)CCC1. The number of pyridine rings is 1. The molecule has 2 aromatic rings. The summed E-state index contributed by atoms with van der Waals surface area (Å²) in [5.41, 5.74) is -0.713. The Morgan fingerprint density at radius 2 is 2.23 bits per heavy atom. The lowest BCUT2D eigenvalue weighted by Crippen LogP contribution is -2.60. The van der Waals surface area contributed by atoms with E-state index in [2.05, 4.69) is 10.3 Å². The molecule has 0 unspecified atom stereocenters. The molecular formula is C15H17F2N3O2. The third-order valence-corrected chi connectivity index (χ3v) is 4.13. The fourth-order valence-corrected chi connectivity index (χ4v) is 2.56. The normalized spacial score (nSPS) is 17.2. The maximum absolute atomic E-state index is 13.9. The first-order valence-electron chi connectivity index (χ1n) is 7.23. The first-order chi connectivity index (χ1) is 10.4. The van der Waals surface area contributed by atoms with E-state index in [9.17, 15) is 18.7 Å². The summed E-state index contributed by atoms with van der Waals surface area (Å²) in [6, 6.07) is 5.55. The molecule has 0 spiro atoms. The lowest BCUT2D eigenvalue weighted by atomic mass is 9.75. The average molecular weight is 309 g/mol. The lowest BCUT2D eigenvalue weighted by Gasteiger charge is -2.41. The van der Waals surface area contributed by atoms with Crippen molar-refractivity contribution < 1.29 is 18.7 Å². The van der Waals surface area contributed by atoms with Gasteiger partial charge >= 0.3 is 5.92 Å². The Bertz CT molecular complexity index is 662. The highest BCUT2D eigenvalue weighted by Gasteiger charge is 2.60. The highest BCUT2D eigenvalue weighted by atomic mass is 19.3. The third kappa shape index (κ3) is 2.45. The molecule has 2 aromatic heterocycles. The molecule has 118 valence electrons. The van der Waals surface area contributed by atoms with Crippen molar-refractivity contribution in [2.45, 2.75) is 37.2 Å². The molecule has 0 aliphatic heterocycles. The topological polar surface area (TPSA) is 66.6 Å². The van der Waals surface area contributed by atoms with Gasteiger partial charge in [-0.3, -0.25) is 4.79 Å². The Morgan fingerprint density at radius 1 is 1.45 bits per heavy atom. The number of aromatic nitrogens is 2. The summed E-state index contributed by atoms with van der Waals surface area (Å²) in [7, 11) is 0. The van der Waals surface area contributed by atoms with E-state index in [1.54, 1.807) is 6.20 Å². The second kappa shape index (κ2) is 5.31. The molecule has 22 heavy (non-hydrogen) atoms. The second-order valence-corrected chi connectivity index (χ2v) is 5.66. The molecule has 3 rings (SSSR count). The first-order valence-corrected chi connectivity index (χ1v) is 7.23. The van der Waals surface area contributed by atoms with E-state index >= 15 is 0 Å². The molecule has 5 nitrogen and oxygen atoms in total. The predicted octanol–water partition coefficient (Wildman–Crippen LogP) is 1.54. The summed E-state index contributed by atoms with van der Waals surface area (Å²) in [4.78, 5) is 15.9. The van der Waals surface area contributed by atoms with Gasteiger partial charge in [0.1, 0.15) is 11.2 Å². The number of fused-ring (bicyclic) bond motifs is 1. The Hall–Kier alpha value is -2.02. The summed E-state index contributed by atoms with van der Waals surface area (Å²) >= 11 is 0. The number of rotatable bonds is 5. The minimum Gasteiger partial charge on any atom is -0.383 e. The van der Waals surface area contributed by atoms with Crippen LogP contribution < -0.4 is 5.32 Å². The first kappa shape index (κ1) is 14.9. The number of hydrogen-bond donors (Lipinski definition) is 2. The monoisotopic (exact) mass is 309 g/mol. The summed E-state index contributed by atoms with van der Waals surface area (Å²) in [6.45, 7) is 0.0500. The summed E-state index contributed by atoms with van der Waals surface area (Å²) in [6.07, 6.45) is 4.41. The number of nitrogens with zero attached hydrogens (tertiary/aromatic N) is 2. The minimum atomic E-state index is -3.75. The summed E-state index contributed by atoms with van der Waals surface area (Å²) < 4.78 is 29.5. The number of alkyl halides is 2. The molecule has 0 radical (unpaired) electrons. The quantitative estimate of drug-likeness (QED) is 0.880. The molecule has 0 atom stereocenters. The number of amides is 1. The molecule has 1 aliphatic carbocycles. The number of hydrogen-bond acceptors (Lipinski definition) is 3. The Morgan fingerprint density at radius 3 is 2.86 bits per heavy atom. The molecule has 1 amide bonds. The van der Waals surface area contributed by atoms with Crippen molar-refractivity contribution in [1.29, 1.82) is 0 Å². The Kier molecular flexibility index (Phi) is 3.60. The van der Waals surface area contributed by atoms with Crippen molar-refractivity contribution in [1.82, 2.24) is 14.7 Å². The van der Waals surface area contributed by atoms with Crippen LogP contribution in [-0.2, 0) is 11.2 Å². The van der Waals surface area contributed by atoms with Gasteiger partial charge in [-0.1, -0.05) is 6.07 Å². The molecule has 0 bridgehead atoms. The lowest BCUT2D eigenvalue weighted by molar-refractivity contribution is -0.215. The highest BCUT2D eigenvalue weighted by Crippen LogP contribution is 2.44. The van der Waals surface area contributed by atoms with Gasteiger partial charge in [0.25, 0.3) is 5.91 Å². The molecule has 7 heteroatoms. The Balaban J connectivity index is 1.57. The standard InChI is InChI=1S/C15H17F2N3O2/c16-15(17,14(22)6-3-7-14)13(21)18-8-5-11-10-20-9-2-1-4-12(20)19-11/h1-2,4,9-10,22H,3,5-8H2,(H,18,21). The fraction of sp³-hybridized carbons (Fsp3) is 0.467. The Labute approximate surface area is 126 Å². The molecule has 2 N–H and O–H groups in total. The van der Waals surface area contributed by atoms with Crippen molar-refractivity contribution >= 4 is 11.6 Å². The van der Waals surface area contributed by atoms with Crippen LogP contribution in [0.15, 0.2) is 30.6 Å². The van der Waals surface area contributed by atoms with Crippen LogP contribution in [0, 0.1) is 0 Å². The maximum Gasteiger partial charge on any atom is 0.352 e. The van der Waals surface area contributed by atoms with E-state index in [1.165, 1.54) is 0 Å². The number of carbonyl (C=O) groups is 1. The van der Waals surface area contributed by atoms with Gasteiger partial charge in [0.15, 0.2) is 0 Å². The molecule has 0 aromatic carbocycles. The number of nitrogens with one attached hydrogen (secondary N) is 1. The summed E-state index contributed by atoms with van der Waals surface area (Å²) in [5.74, 6) is -5.16. The van der Waals surface area contributed by atoms with Crippen molar-refractivity contribution in [3.05, 3.63) is 36.3 Å². The predicted molar refractivity (Wildman–Crippen MR) is 75.7 cm³/mol.